The van der Waals surface area contributed by atoms with Crippen LogP contribution in [0.2, 0.25) is 0 Å². The van der Waals surface area contributed by atoms with Gasteiger partial charge in [0, 0.05) is 12.6 Å². The summed E-state index contributed by atoms with van der Waals surface area (Å²) in [4.78, 5) is 24.3. The Morgan fingerprint density at radius 1 is 1.32 bits per heavy atom. The average Bonchev–Trinajstić information content (AvgIpc) is 2.85. The highest BCUT2D eigenvalue weighted by molar-refractivity contribution is 5.82. The van der Waals surface area contributed by atoms with E-state index in [4.69, 9.17) is 9.63 Å². The van der Waals surface area contributed by atoms with Crippen molar-refractivity contribution in [3.05, 3.63) is 53.2 Å². The molecule has 116 valence electrons. The smallest absolute Gasteiger partial charge is 0.323 e. The Morgan fingerprint density at radius 2 is 2.00 bits per heavy atom. The molecule has 1 heterocycles. The standard InChI is InChI=1S/C15H15FN2O4/c1-10-6-13(17-22-10)7-14(19)18(9-15(20)21)8-11-2-4-12(16)5-3-11/h2-6H,7-9H2,1H3,(H,20,21). The van der Waals surface area contributed by atoms with Crippen LogP contribution in [-0.2, 0) is 22.6 Å². The zero-order valence-electron chi connectivity index (χ0n) is 12.0. The molecule has 0 aliphatic carbocycles. The van der Waals surface area contributed by atoms with Crippen molar-refractivity contribution in [1.82, 2.24) is 10.1 Å². The summed E-state index contributed by atoms with van der Waals surface area (Å²) in [6, 6.07) is 7.17. The summed E-state index contributed by atoms with van der Waals surface area (Å²) in [5.41, 5.74) is 1.09. The fourth-order valence-corrected chi connectivity index (χ4v) is 1.97. The van der Waals surface area contributed by atoms with E-state index in [1.54, 1.807) is 13.0 Å². The van der Waals surface area contributed by atoms with E-state index in [2.05, 4.69) is 5.16 Å². The van der Waals surface area contributed by atoms with Crippen molar-refractivity contribution in [2.45, 2.75) is 19.9 Å². The molecule has 0 spiro atoms. The van der Waals surface area contributed by atoms with E-state index < -0.39 is 18.3 Å². The van der Waals surface area contributed by atoms with E-state index in [9.17, 15) is 14.0 Å². The number of rotatable bonds is 6. The molecule has 0 aliphatic rings. The van der Waals surface area contributed by atoms with E-state index in [1.165, 1.54) is 29.2 Å². The molecule has 1 aromatic carbocycles. The molecule has 2 rings (SSSR count). The fraction of sp³-hybridized carbons (Fsp3) is 0.267. The lowest BCUT2D eigenvalue weighted by Gasteiger charge is -2.20. The largest absolute Gasteiger partial charge is 0.480 e. The van der Waals surface area contributed by atoms with Crippen molar-refractivity contribution in [3.63, 3.8) is 0 Å². The maximum atomic E-state index is 12.9. The molecule has 0 bridgehead atoms. The molecule has 7 heteroatoms. The van der Waals surface area contributed by atoms with Crippen molar-refractivity contribution in [2.75, 3.05) is 6.54 Å². The lowest BCUT2D eigenvalue weighted by Crippen LogP contribution is -2.36. The van der Waals surface area contributed by atoms with Crippen LogP contribution in [0.3, 0.4) is 0 Å². The first-order valence-electron chi connectivity index (χ1n) is 6.60. The fourth-order valence-electron chi connectivity index (χ4n) is 1.97. The molecule has 1 N–H and O–H groups in total. The first kappa shape index (κ1) is 15.7. The number of hydrogen-bond acceptors (Lipinski definition) is 4. The van der Waals surface area contributed by atoms with Crippen molar-refractivity contribution < 1.29 is 23.6 Å². The van der Waals surface area contributed by atoms with Gasteiger partial charge in [0.1, 0.15) is 18.1 Å². The second-order valence-corrected chi connectivity index (χ2v) is 4.88. The summed E-state index contributed by atoms with van der Waals surface area (Å²) < 4.78 is 17.8. The number of nitrogens with zero attached hydrogens (tertiary/aromatic N) is 2. The van der Waals surface area contributed by atoms with E-state index in [-0.39, 0.29) is 18.9 Å². The minimum Gasteiger partial charge on any atom is -0.480 e. The van der Waals surface area contributed by atoms with Gasteiger partial charge in [-0.05, 0) is 24.6 Å². The van der Waals surface area contributed by atoms with Crippen LogP contribution in [0.25, 0.3) is 0 Å². The Hall–Kier alpha value is -2.70. The molecule has 22 heavy (non-hydrogen) atoms. The van der Waals surface area contributed by atoms with E-state index in [0.29, 0.717) is 17.0 Å². The zero-order chi connectivity index (χ0) is 16.1. The molecule has 0 fully saturated rings. The molecule has 1 amide bonds. The summed E-state index contributed by atoms with van der Waals surface area (Å²) in [5, 5.41) is 12.7. The van der Waals surface area contributed by atoms with Crippen LogP contribution in [0, 0.1) is 12.7 Å². The average molecular weight is 306 g/mol. The molecule has 0 saturated heterocycles. The van der Waals surface area contributed by atoms with Crippen LogP contribution in [0.4, 0.5) is 4.39 Å². The number of amides is 1. The maximum absolute atomic E-state index is 12.9. The first-order valence-corrected chi connectivity index (χ1v) is 6.60. The molecule has 1 aromatic heterocycles. The van der Waals surface area contributed by atoms with Gasteiger partial charge in [-0.15, -0.1) is 0 Å². The number of aliphatic carboxylic acids is 1. The lowest BCUT2D eigenvalue weighted by molar-refractivity contribution is -0.144. The van der Waals surface area contributed by atoms with Crippen LogP contribution in [-0.4, -0.2) is 33.6 Å². The topological polar surface area (TPSA) is 83.6 Å². The van der Waals surface area contributed by atoms with Gasteiger partial charge >= 0.3 is 5.97 Å². The van der Waals surface area contributed by atoms with Gasteiger partial charge in [-0.3, -0.25) is 9.59 Å². The van der Waals surface area contributed by atoms with Gasteiger partial charge in [0.05, 0.1) is 12.1 Å². The quantitative estimate of drug-likeness (QED) is 0.879. The molecular weight excluding hydrogens is 291 g/mol. The molecule has 0 aliphatic heterocycles. The minimum absolute atomic E-state index is 0.0498. The van der Waals surface area contributed by atoms with Gasteiger partial charge in [0.15, 0.2) is 0 Å². The third-order valence-electron chi connectivity index (χ3n) is 2.97. The lowest BCUT2D eigenvalue weighted by atomic mass is 10.2. The number of carboxylic acid groups (broad SMARTS) is 1. The molecular formula is C15H15FN2O4. The molecule has 0 unspecified atom stereocenters. The highest BCUT2D eigenvalue weighted by Gasteiger charge is 2.19. The Kier molecular flexibility index (Phi) is 4.88. The number of benzene rings is 1. The Morgan fingerprint density at radius 3 is 2.55 bits per heavy atom. The molecule has 0 atom stereocenters. The number of carbonyl (C=O) groups is 2. The number of aryl methyl sites for hydroxylation is 1. The van der Waals surface area contributed by atoms with Crippen LogP contribution < -0.4 is 0 Å². The second kappa shape index (κ2) is 6.84. The molecule has 6 nitrogen and oxygen atoms in total. The Labute approximate surface area is 126 Å². The number of halogens is 1. The van der Waals surface area contributed by atoms with Crippen LogP contribution in [0.5, 0.6) is 0 Å². The van der Waals surface area contributed by atoms with E-state index in [0.717, 1.165) is 0 Å². The Balaban J connectivity index is 2.09. The summed E-state index contributed by atoms with van der Waals surface area (Å²) in [6.45, 7) is 1.35. The van der Waals surface area contributed by atoms with Gasteiger partial charge in [-0.1, -0.05) is 17.3 Å². The first-order chi connectivity index (χ1) is 10.4. The zero-order valence-corrected chi connectivity index (χ0v) is 12.0. The third kappa shape index (κ3) is 4.41. The van der Waals surface area contributed by atoms with Gasteiger partial charge in [0.2, 0.25) is 5.91 Å². The van der Waals surface area contributed by atoms with Crippen LogP contribution >= 0.6 is 0 Å². The number of hydrogen-bond donors (Lipinski definition) is 1. The summed E-state index contributed by atoms with van der Waals surface area (Å²) in [5.74, 6) is -1.32. The number of aromatic nitrogens is 1. The van der Waals surface area contributed by atoms with Crippen LogP contribution in [0.1, 0.15) is 17.0 Å². The van der Waals surface area contributed by atoms with Crippen LogP contribution in [0.15, 0.2) is 34.9 Å². The van der Waals surface area contributed by atoms with Gasteiger partial charge < -0.3 is 14.5 Å². The van der Waals surface area contributed by atoms with Gasteiger partial charge in [-0.2, -0.15) is 0 Å². The summed E-state index contributed by atoms with van der Waals surface area (Å²) >= 11 is 0. The monoisotopic (exact) mass is 306 g/mol. The summed E-state index contributed by atoms with van der Waals surface area (Å²) in [7, 11) is 0. The Bertz CT molecular complexity index is 666. The normalized spacial score (nSPS) is 10.5. The predicted octanol–water partition coefficient (Wildman–Crippen LogP) is 1.78. The van der Waals surface area contributed by atoms with Gasteiger partial charge in [0.25, 0.3) is 0 Å². The van der Waals surface area contributed by atoms with Gasteiger partial charge in [-0.25, -0.2) is 4.39 Å². The highest BCUT2D eigenvalue weighted by atomic mass is 19.1. The predicted molar refractivity (Wildman–Crippen MR) is 74.4 cm³/mol. The SMILES string of the molecule is Cc1cc(CC(=O)N(CC(=O)O)Cc2ccc(F)cc2)no1. The van der Waals surface area contributed by atoms with Crippen molar-refractivity contribution in [3.8, 4) is 0 Å². The number of carboxylic acids is 1. The summed E-state index contributed by atoms with van der Waals surface area (Å²) in [6.07, 6.45) is -0.0498. The molecule has 0 saturated carbocycles. The van der Waals surface area contributed by atoms with Crippen molar-refractivity contribution in [2.24, 2.45) is 0 Å². The third-order valence-corrected chi connectivity index (χ3v) is 2.97. The molecule has 2 aromatic rings. The number of carbonyl (C=O) groups excluding carboxylic acids is 1. The minimum atomic E-state index is -1.12. The van der Waals surface area contributed by atoms with E-state index >= 15 is 0 Å². The highest BCUT2D eigenvalue weighted by Crippen LogP contribution is 2.10. The maximum Gasteiger partial charge on any atom is 0.323 e. The second-order valence-electron chi connectivity index (χ2n) is 4.88. The molecule has 0 radical (unpaired) electrons. The van der Waals surface area contributed by atoms with Crippen molar-refractivity contribution >= 4 is 11.9 Å². The van der Waals surface area contributed by atoms with E-state index in [1.807, 2.05) is 0 Å². The van der Waals surface area contributed by atoms with Crippen molar-refractivity contribution in [1.29, 1.82) is 0 Å².